The molecule has 2 unspecified atom stereocenters. The molecule has 4 rings (SSSR count). The Morgan fingerprint density at radius 3 is 2.36 bits per heavy atom. The predicted molar refractivity (Wildman–Crippen MR) is 104 cm³/mol. The Kier molecular flexibility index (Phi) is 5.13. The molecule has 0 spiro atoms. The van der Waals surface area contributed by atoms with E-state index in [9.17, 15) is 19.1 Å². The Bertz CT molecular complexity index is 866. The van der Waals surface area contributed by atoms with Gasteiger partial charge in [0.05, 0.1) is 6.10 Å². The van der Waals surface area contributed by atoms with E-state index < -0.39 is 6.10 Å². The fraction of sp³-hybridized carbons (Fsp3) is 0.364. The maximum atomic E-state index is 13.1. The van der Waals surface area contributed by atoms with Crippen molar-refractivity contribution >= 4 is 17.5 Å². The van der Waals surface area contributed by atoms with Crippen molar-refractivity contribution in [2.45, 2.75) is 31.3 Å². The summed E-state index contributed by atoms with van der Waals surface area (Å²) in [4.78, 5) is 28.1. The first-order chi connectivity index (χ1) is 13.5. The van der Waals surface area contributed by atoms with Gasteiger partial charge in [0.25, 0.3) is 5.91 Å². The van der Waals surface area contributed by atoms with Crippen molar-refractivity contribution < 1.29 is 19.1 Å². The summed E-state index contributed by atoms with van der Waals surface area (Å²) in [6.45, 7) is 1.49. The SMILES string of the molecule is O=C(c1ccc(N2CCCC2=O)cc1)N1CCC(c2ccc(F)cc2)C(O)C1. The summed E-state index contributed by atoms with van der Waals surface area (Å²) in [5.74, 6) is -0.417. The molecule has 2 aromatic carbocycles. The third kappa shape index (κ3) is 3.64. The molecule has 2 heterocycles. The summed E-state index contributed by atoms with van der Waals surface area (Å²) < 4.78 is 13.1. The number of halogens is 1. The van der Waals surface area contributed by atoms with Gasteiger partial charge < -0.3 is 14.9 Å². The first-order valence-electron chi connectivity index (χ1n) is 9.66. The van der Waals surface area contributed by atoms with Gasteiger partial charge in [-0.1, -0.05) is 12.1 Å². The van der Waals surface area contributed by atoms with Crippen molar-refractivity contribution in [2.24, 2.45) is 0 Å². The maximum absolute atomic E-state index is 13.1. The van der Waals surface area contributed by atoms with E-state index in [0.29, 0.717) is 24.9 Å². The van der Waals surface area contributed by atoms with E-state index in [2.05, 4.69) is 0 Å². The fourth-order valence-corrected chi connectivity index (χ4v) is 4.10. The lowest BCUT2D eigenvalue weighted by Crippen LogP contribution is -2.45. The van der Waals surface area contributed by atoms with E-state index in [1.807, 2.05) is 0 Å². The van der Waals surface area contributed by atoms with Crippen LogP contribution in [0.1, 0.15) is 41.1 Å². The van der Waals surface area contributed by atoms with Crippen LogP contribution in [0.2, 0.25) is 0 Å². The number of piperidine rings is 1. The highest BCUT2D eigenvalue weighted by Gasteiger charge is 2.31. The van der Waals surface area contributed by atoms with Crippen LogP contribution in [0.5, 0.6) is 0 Å². The molecular formula is C22H23FN2O3. The van der Waals surface area contributed by atoms with Crippen molar-refractivity contribution in [3.05, 3.63) is 65.5 Å². The molecule has 2 aliphatic heterocycles. The van der Waals surface area contributed by atoms with E-state index in [1.54, 1.807) is 46.2 Å². The van der Waals surface area contributed by atoms with Crippen LogP contribution >= 0.6 is 0 Å². The largest absolute Gasteiger partial charge is 0.391 e. The molecule has 0 aliphatic carbocycles. The van der Waals surface area contributed by atoms with Gasteiger partial charge in [0.2, 0.25) is 5.91 Å². The molecule has 0 aromatic heterocycles. The molecule has 2 saturated heterocycles. The van der Waals surface area contributed by atoms with E-state index in [-0.39, 0.29) is 30.1 Å². The average Bonchev–Trinajstić information content (AvgIpc) is 3.14. The molecule has 2 aliphatic rings. The van der Waals surface area contributed by atoms with E-state index in [4.69, 9.17) is 0 Å². The van der Waals surface area contributed by atoms with Crippen molar-refractivity contribution in [1.29, 1.82) is 0 Å². The first-order valence-corrected chi connectivity index (χ1v) is 9.66. The van der Waals surface area contributed by atoms with Crippen LogP contribution in [-0.2, 0) is 4.79 Å². The summed E-state index contributed by atoms with van der Waals surface area (Å²) in [7, 11) is 0. The van der Waals surface area contributed by atoms with Gasteiger partial charge >= 0.3 is 0 Å². The molecule has 5 nitrogen and oxygen atoms in total. The number of carbonyl (C=O) groups is 2. The molecule has 6 heteroatoms. The van der Waals surface area contributed by atoms with E-state index >= 15 is 0 Å². The zero-order chi connectivity index (χ0) is 19.7. The number of carbonyl (C=O) groups excluding carboxylic acids is 2. The molecule has 0 bridgehead atoms. The molecule has 2 amide bonds. The van der Waals surface area contributed by atoms with Crippen LogP contribution in [-0.4, -0.2) is 47.6 Å². The topological polar surface area (TPSA) is 60.9 Å². The van der Waals surface area contributed by atoms with Gasteiger partial charge in [0.15, 0.2) is 0 Å². The number of aliphatic hydroxyl groups is 1. The number of amides is 2. The lowest BCUT2D eigenvalue weighted by Gasteiger charge is -2.36. The second-order valence-corrected chi connectivity index (χ2v) is 7.46. The van der Waals surface area contributed by atoms with Gasteiger partial charge in [-0.2, -0.15) is 0 Å². The van der Waals surface area contributed by atoms with Crippen LogP contribution in [0.3, 0.4) is 0 Å². The minimum atomic E-state index is -0.690. The molecule has 1 N–H and O–H groups in total. The highest BCUT2D eigenvalue weighted by atomic mass is 19.1. The second-order valence-electron chi connectivity index (χ2n) is 7.46. The monoisotopic (exact) mass is 382 g/mol. The van der Waals surface area contributed by atoms with Gasteiger partial charge in [0, 0.05) is 43.2 Å². The van der Waals surface area contributed by atoms with Gasteiger partial charge in [-0.05, 0) is 54.8 Å². The molecular weight excluding hydrogens is 359 g/mol. The number of anilines is 1. The molecule has 2 aromatic rings. The first kappa shape index (κ1) is 18.6. The number of nitrogens with zero attached hydrogens (tertiary/aromatic N) is 2. The third-order valence-electron chi connectivity index (χ3n) is 5.67. The maximum Gasteiger partial charge on any atom is 0.253 e. The minimum absolute atomic E-state index is 0.104. The number of hydrogen-bond donors (Lipinski definition) is 1. The lowest BCUT2D eigenvalue weighted by molar-refractivity contribution is -0.117. The number of rotatable bonds is 3. The number of β-amino-alcohol motifs (C(OH)–C–C–N with tert-alkyl or cyclic N) is 1. The van der Waals surface area contributed by atoms with Crippen molar-refractivity contribution in [2.75, 3.05) is 24.5 Å². The zero-order valence-corrected chi connectivity index (χ0v) is 15.6. The Hall–Kier alpha value is -2.73. The van der Waals surface area contributed by atoms with Crippen LogP contribution < -0.4 is 4.90 Å². The van der Waals surface area contributed by atoms with Crippen LogP contribution in [0, 0.1) is 5.82 Å². The van der Waals surface area contributed by atoms with Gasteiger partial charge in [-0.25, -0.2) is 4.39 Å². The third-order valence-corrected chi connectivity index (χ3v) is 5.67. The van der Waals surface area contributed by atoms with Crippen LogP contribution in [0.25, 0.3) is 0 Å². The van der Waals surface area contributed by atoms with Crippen molar-refractivity contribution in [3.63, 3.8) is 0 Å². The summed E-state index contributed by atoms with van der Waals surface area (Å²) >= 11 is 0. The normalized spacial score (nSPS) is 22.6. The molecule has 0 radical (unpaired) electrons. The van der Waals surface area contributed by atoms with Crippen molar-refractivity contribution in [3.8, 4) is 0 Å². The standard InChI is InChI=1S/C22H23FN2O3/c23-17-7-3-15(4-8-17)19-11-13-24(14-20(19)26)22(28)16-5-9-18(10-6-16)25-12-1-2-21(25)27/h3-10,19-20,26H,1-2,11-14H2. The van der Waals surface area contributed by atoms with E-state index in [0.717, 1.165) is 24.2 Å². The quantitative estimate of drug-likeness (QED) is 0.888. The Morgan fingerprint density at radius 1 is 1.04 bits per heavy atom. The zero-order valence-electron chi connectivity index (χ0n) is 15.6. The predicted octanol–water partition coefficient (Wildman–Crippen LogP) is 2.94. The summed E-state index contributed by atoms with van der Waals surface area (Å²) in [6, 6.07) is 13.3. The smallest absolute Gasteiger partial charge is 0.253 e. The molecule has 146 valence electrons. The number of hydrogen-bond acceptors (Lipinski definition) is 3. The molecule has 2 fully saturated rings. The van der Waals surface area contributed by atoms with Gasteiger partial charge in [-0.3, -0.25) is 9.59 Å². The van der Waals surface area contributed by atoms with E-state index in [1.165, 1.54) is 12.1 Å². The minimum Gasteiger partial charge on any atom is -0.391 e. The molecule has 28 heavy (non-hydrogen) atoms. The summed E-state index contributed by atoms with van der Waals surface area (Å²) in [5, 5.41) is 10.5. The second kappa shape index (κ2) is 7.72. The lowest BCUT2D eigenvalue weighted by atomic mass is 9.87. The fourth-order valence-electron chi connectivity index (χ4n) is 4.10. The van der Waals surface area contributed by atoms with Crippen LogP contribution in [0.4, 0.5) is 10.1 Å². The van der Waals surface area contributed by atoms with Gasteiger partial charge in [0.1, 0.15) is 5.82 Å². The Balaban J connectivity index is 1.41. The highest BCUT2D eigenvalue weighted by Crippen LogP contribution is 2.29. The Morgan fingerprint density at radius 2 is 1.75 bits per heavy atom. The number of aliphatic hydroxyl groups excluding tert-OH is 1. The van der Waals surface area contributed by atoms with Crippen LogP contribution in [0.15, 0.2) is 48.5 Å². The molecule has 0 saturated carbocycles. The van der Waals surface area contributed by atoms with Crippen molar-refractivity contribution in [1.82, 2.24) is 4.90 Å². The summed E-state index contributed by atoms with van der Waals surface area (Å²) in [5.41, 5.74) is 2.25. The summed E-state index contributed by atoms with van der Waals surface area (Å²) in [6.07, 6.45) is 1.37. The van der Waals surface area contributed by atoms with Gasteiger partial charge in [-0.15, -0.1) is 0 Å². The number of benzene rings is 2. The molecule has 2 atom stereocenters. The Labute approximate surface area is 163 Å². The average molecular weight is 382 g/mol. The number of likely N-dealkylation sites (tertiary alicyclic amines) is 1. The highest BCUT2D eigenvalue weighted by molar-refractivity contribution is 5.97.